The van der Waals surface area contributed by atoms with E-state index >= 15 is 0 Å². The second kappa shape index (κ2) is 43.3. The number of hydrogen-bond donors (Lipinski definition) is 1. The summed E-state index contributed by atoms with van der Waals surface area (Å²) in [6, 6.07) is 0. The van der Waals surface area contributed by atoms with Gasteiger partial charge in [-0.05, 0) is 51.4 Å². The van der Waals surface area contributed by atoms with Gasteiger partial charge >= 0.3 is 11.9 Å². The second-order valence-corrected chi connectivity index (χ2v) is 14.8. The summed E-state index contributed by atoms with van der Waals surface area (Å²) in [5, 5.41) is 9.58. The minimum absolute atomic E-state index is 0.0742. The molecular formula is C47H84O5. The summed E-state index contributed by atoms with van der Waals surface area (Å²) in [5.74, 6) is -0.612. The van der Waals surface area contributed by atoms with Gasteiger partial charge in [0.15, 0.2) is 6.10 Å². The molecule has 52 heavy (non-hydrogen) atoms. The Kier molecular flexibility index (Phi) is 41.5. The first-order chi connectivity index (χ1) is 25.6. The number of carbonyl (C=O) groups excluding carboxylic acids is 2. The highest BCUT2D eigenvalue weighted by Crippen LogP contribution is 2.16. The van der Waals surface area contributed by atoms with E-state index in [0.29, 0.717) is 12.8 Å². The smallest absolute Gasteiger partial charge is 0.306 e. The van der Waals surface area contributed by atoms with Crippen molar-refractivity contribution in [2.75, 3.05) is 13.2 Å². The van der Waals surface area contributed by atoms with Gasteiger partial charge in [0, 0.05) is 12.8 Å². The molecule has 0 spiro atoms. The molecule has 0 aliphatic rings. The van der Waals surface area contributed by atoms with Crippen molar-refractivity contribution in [3.8, 4) is 0 Å². The summed E-state index contributed by atoms with van der Waals surface area (Å²) in [6.07, 6.45) is 54.7. The molecule has 5 nitrogen and oxygen atoms in total. The average Bonchev–Trinajstić information content (AvgIpc) is 3.15. The highest BCUT2D eigenvalue weighted by Gasteiger charge is 2.16. The molecule has 5 heteroatoms. The lowest BCUT2D eigenvalue weighted by molar-refractivity contribution is -0.161. The van der Waals surface area contributed by atoms with Gasteiger partial charge in [0.2, 0.25) is 0 Å². The monoisotopic (exact) mass is 729 g/mol. The van der Waals surface area contributed by atoms with Crippen molar-refractivity contribution in [3.63, 3.8) is 0 Å². The van der Waals surface area contributed by atoms with Gasteiger partial charge in [0.25, 0.3) is 0 Å². The van der Waals surface area contributed by atoms with Crippen LogP contribution < -0.4 is 0 Å². The molecular weight excluding hydrogens is 645 g/mol. The molecule has 0 rings (SSSR count). The zero-order valence-corrected chi connectivity index (χ0v) is 34.3. The maximum Gasteiger partial charge on any atom is 0.306 e. The largest absolute Gasteiger partial charge is 0.462 e. The molecule has 0 radical (unpaired) electrons. The van der Waals surface area contributed by atoms with Crippen molar-refractivity contribution in [1.29, 1.82) is 0 Å². The number of allylic oxidation sites excluding steroid dienone is 8. The van der Waals surface area contributed by atoms with Crippen LogP contribution in [0.3, 0.4) is 0 Å². The zero-order valence-electron chi connectivity index (χ0n) is 34.3. The van der Waals surface area contributed by atoms with Crippen molar-refractivity contribution in [2.45, 2.75) is 225 Å². The van der Waals surface area contributed by atoms with Crippen molar-refractivity contribution in [2.24, 2.45) is 0 Å². The van der Waals surface area contributed by atoms with Crippen LogP contribution in [0.15, 0.2) is 48.6 Å². The molecule has 0 heterocycles. The average molecular weight is 729 g/mol. The molecule has 0 saturated heterocycles. The van der Waals surface area contributed by atoms with Crippen LogP contribution in [0.25, 0.3) is 0 Å². The molecule has 0 unspecified atom stereocenters. The van der Waals surface area contributed by atoms with E-state index in [9.17, 15) is 14.7 Å². The lowest BCUT2D eigenvalue weighted by atomic mass is 10.0. The molecule has 0 amide bonds. The van der Waals surface area contributed by atoms with Gasteiger partial charge < -0.3 is 14.6 Å². The Morgan fingerprint density at radius 2 is 0.827 bits per heavy atom. The quantitative estimate of drug-likeness (QED) is 0.0386. The fourth-order valence-electron chi connectivity index (χ4n) is 6.31. The van der Waals surface area contributed by atoms with Crippen LogP contribution in [0.4, 0.5) is 0 Å². The number of esters is 2. The summed E-state index contributed by atoms with van der Waals surface area (Å²) >= 11 is 0. The molecule has 0 fully saturated rings. The molecule has 302 valence electrons. The Bertz CT molecular complexity index is 873. The fourth-order valence-corrected chi connectivity index (χ4v) is 6.31. The van der Waals surface area contributed by atoms with E-state index in [1.54, 1.807) is 0 Å². The van der Waals surface area contributed by atoms with E-state index in [-0.39, 0.29) is 25.2 Å². The Morgan fingerprint density at radius 1 is 0.462 bits per heavy atom. The molecule has 0 aliphatic heterocycles. The van der Waals surface area contributed by atoms with Gasteiger partial charge in [-0.2, -0.15) is 0 Å². The summed E-state index contributed by atoms with van der Waals surface area (Å²) in [6.45, 7) is 4.02. The number of aliphatic hydroxyl groups excluding tert-OH is 1. The number of rotatable bonds is 40. The van der Waals surface area contributed by atoms with Gasteiger partial charge in [0.05, 0.1) is 6.61 Å². The number of aliphatic hydroxyl groups is 1. The third kappa shape index (κ3) is 40.6. The molecule has 0 aromatic heterocycles. The Hall–Kier alpha value is -2.14. The topological polar surface area (TPSA) is 72.8 Å². The van der Waals surface area contributed by atoms with Crippen molar-refractivity contribution in [1.82, 2.24) is 0 Å². The predicted octanol–water partition coefficient (Wildman–Crippen LogP) is 14.2. The van der Waals surface area contributed by atoms with E-state index in [1.165, 1.54) is 116 Å². The first-order valence-corrected chi connectivity index (χ1v) is 22.2. The van der Waals surface area contributed by atoms with Crippen molar-refractivity contribution in [3.05, 3.63) is 48.6 Å². The van der Waals surface area contributed by atoms with Crippen LogP contribution in [0.5, 0.6) is 0 Å². The molecule has 0 bridgehead atoms. The lowest BCUT2D eigenvalue weighted by Crippen LogP contribution is -2.28. The van der Waals surface area contributed by atoms with E-state index in [4.69, 9.17) is 9.47 Å². The van der Waals surface area contributed by atoms with Crippen LogP contribution in [-0.2, 0) is 19.1 Å². The van der Waals surface area contributed by atoms with Crippen molar-refractivity contribution < 1.29 is 24.2 Å². The maximum atomic E-state index is 12.2. The number of hydrogen-bond acceptors (Lipinski definition) is 5. The Labute approximate surface area is 322 Å². The number of unbranched alkanes of at least 4 members (excludes halogenated alkanes) is 24. The maximum absolute atomic E-state index is 12.2. The minimum Gasteiger partial charge on any atom is -0.462 e. The first-order valence-electron chi connectivity index (χ1n) is 22.2. The van der Waals surface area contributed by atoms with Crippen molar-refractivity contribution >= 4 is 11.9 Å². The SMILES string of the molecule is CCC=CCC=CCC=CCC=CCCCCCCC(=O)O[C@@H](CO)COC(=O)CCCCCCCCCCCCCCCCCCCCCCC. The summed E-state index contributed by atoms with van der Waals surface area (Å²) < 4.78 is 10.6. The Morgan fingerprint density at radius 3 is 1.25 bits per heavy atom. The highest BCUT2D eigenvalue weighted by atomic mass is 16.6. The van der Waals surface area contributed by atoms with E-state index in [2.05, 4.69) is 62.5 Å². The van der Waals surface area contributed by atoms with E-state index < -0.39 is 6.10 Å². The predicted molar refractivity (Wildman–Crippen MR) is 224 cm³/mol. The molecule has 0 saturated carbocycles. The van der Waals surface area contributed by atoms with Crippen LogP contribution >= 0.6 is 0 Å². The third-order valence-electron chi connectivity index (χ3n) is 9.64. The number of ether oxygens (including phenoxy) is 2. The molecule has 0 aromatic carbocycles. The highest BCUT2D eigenvalue weighted by molar-refractivity contribution is 5.70. The van der Waals surface area contributed by atoms with Crippen LogP contribution in [0.2, 0.25) is 0 Å². The van der Waals surface area contributed by atoms with Crippen LogP contribution in [0.1, 0.15) is 219 Å². The minimum atomic E-state index is -0.783. The fraction of sp³-hybridized carbons (Fsp3) is 0.787. The van der Waals surface area contributed by atoms with E-state index in [1.807, 2.05) is 0 Å². The molecule has 0 aromatic rings. The van der Waals surface area contributed by atoms with Gasteiger partial charge in [-0.1, -0.05) is 204 Å². The van der Waals surface area contributed by atoms with Gasteiger partial charge in [-0.25, -0.2) is 0 Å². The van der Waals surface area contributed by atoms with Gasteiger partial charge in [0.1, 0.15) is 6.61 Å². The summed E-state index contributed by atoms with van der Waals surface area (Å²) in [7, 11) is 0. The molecule has 1 N–H and O–H groups in total. The summed E-state index contributed by atoms with van der Waals surface area (Å²) in [4.78, 5) is 24.3. The third-order valence-corrected chi connectivity index (χ3v) is 9.64. The van der Waals surface area contributed by atoms with Crippen LogP contribution in [-0.4, -0.2) is 36.4 Å². The van der Waals surface area contributed by atoms with Gasteiger partial charge in [-0.15, -0.1) is 0 Å². The standard InChI is InChI=1S/C47H84O5/c1-3-5-7-9-11-13-15-17-19-21-22-23-24-26-27-29-31-33-35-37-39-41-46(49)51-44-45(43-48)52-47(50)42-40-38-36-34-32-30-28-25-20-18-16-14-12-10-8-6-4-2/h6,8,12,14,18,20,28,30,45,48H,3-5,7,9-11,13,15-17,19,21-27,29,31-44H2,1-2H3/t45-/m0/s1. The molecule has 1 atom stereocenters. The zero-order chi connectivity index (χ0) is 37.8. The first kappa shape index (κ1) is 49.9. The Balaban J connectivity index is 3.53. The lowest BCUT2D eigenvalue weighted by Gasteiger charge is -2.15. The normalized spacial score (nSPS) is 12.6. The second-order valence-electron chi connectivity index (χ2n) is 14.8. The number of carbonyl (C=O) groups is 2. The van der Waals surface area contributed by atoms with Gasteiger partial charge in [-0.3, -0.25) is 9.59 Å². The molecule has 0 aliphatic carbocycles. The summed E-state index contributed by atoms with van der Waals surface area (Å²) in [5.41, 5.74) is 0. The van der Waals surface area contributed by atoms with E-state index in [0.717, 1.165) is 77.0 Å². The van der Waals surface area contributed by atoms with Crippen LogP contribution in [0, 0.1) is 0 Å².